The average Bonchev–Trinajstić information content (AvgIpc) is 2.60. The normalized spacial score (nSPS) is 11.0. The molecule has 0 aliphatic heterocycles. The van der Waals surface area contributed by atoms with Crippen molar-refractivity contribution in [1.29, 1.82) is 0 Å². The summed E-state index contributed by atoms with van der Waals surface area (Å²) in [5.41, 5.74) is 2.04. The molecule has 0 amide bonds. The standard InChI is InChI=1S/C18H18N2OS2/c1-3-20-17(21)15-6-4-5-7-16(15)19-18(20)23-12-13-8-10-14(22-2)11-9-13/h4-11H,3,12H2,1-2H3. The molecule has 0 aliphatic carbocycles. The lowest BCUT2D eigenvalue weighted by Gasteiger charge is -2.11. The van der Waals surface area contributed by atoms with Gasteiger partial charge in [0.25, 0.3) is 5.56 Å². The Morgan fingerprint density at radius 3 is 2.52 bits per heavy atom. The van der Waals surface area contributed by atoms with Crippen molar-refractivity contribution >= 4 is 34.4 Å². The monoisotopic (exact) mass is 342 g/mol. The molecule has 23 heavy (non-hydrogen) atoms. The van der Waals surface area contributed by atoms with Crippen molar-refractivity contribution in [3.63, 3.8) is 0 Å². The number of hydrogen-bond acceptors (Lipinski definition) is 4. The van der Waals surface area contributed by atoms with Crippen LogP contribution in [-0.4, -0.2) is 15.8 Å². The summed E-state index contributed by atoms with van der Waals surface area (Å²) in [5, 5.41) is 1.47. The van der Waals surface area contributed by atoms with Crippen LogP contribution in [0.2, 0.25) is 0 Å². The van der Waals surface area contributed by atoms with E-state index in [0.717, 1.165) is 16.4 Å². The van der Waals surface area contributed by atoms with Gasteiger partial charge in [-0.25, -0.2) is 4.98 Å². The highest BCUT2D eigenvalue weighted by Crippen LogP contribution is 2.23. The number of fused-ring (bicyclic) bond motifs is 1. The maximum Gasteiger partial charge on any atom is 0.262 e. The van der Waals surface area contributed by atoms with E-state index in [0.29, 0.717) is 11.9 Å². The number of benzene rings is 2. The smallest absolute Gasteiger partial charge is 0.262 e. The van der Waals surface area contributed by atoms with Gasteiger partial charge in [0.05, 0.1) is 10.9 Å². The summed E-state index contributed by atoms with van der Waals surface area (Å²) in [6, 6.07) is 16.1. The second-order valence-electron chi connectivity index (χ2n) is 5.10. The van der Waals surface area contributed by atoms with Gasteiger partial charge in [-0.2, -0.15) is 0 Å². The Morgan fingerprint density at radius 2 is 1.83 bits per heavy atom. The van der Waals surface area contributed by atoms with E-state index in [1.807, 2.05) is 31.2 Å². The van der Waals surface area contributed by atoms with Crippen LogP contribution in [0.1, 0.15) is 12.5 Å². The van der Waals surface area contributed by atoms with Crippen molar-refractivity contribution in [2.24, 2.45) is 0 Å². The quantitative estimate of drug-likeness (QED) is 0.507. The predicted molar refractivity (Wildman–Crippen MR) is 99.5 cm³/mol. The molecule has 5 heteroatoms. The lowest BCUT2D eigenvalue weighted by Crippen LogP contribution is -2.22. The maximum absolute atomic E-state index is 12.6. The van der Waals surface area contributed by atoms with E-state index in [1.165, 1.54) is 10.5 Å². The van der Waals surface area contributed by atoms with Crippen LogP contribution in [0.25, 0.3) is 10.9 Å². The highest BCUT2D eigenvalue weighted by molar-refractivity contribution is 7.98. The van der Waals surface area contributed by atoms with Gasteiger partial charge in [-0.15, -0.1) is 11.8 Å². The zero-order valence-electron chi connectivity index (χ0n) is 13.2. The minimum absolute atomic E-state index is 0.0401. The van der Waals surface area contributed by atoms with E-state index in [1.54, 1.807) is 28.1 Å². The molecule has 1 aromatic heterocycles. The van der Waals surface area contributed by atoms with E-state index < -0.39 is 0 Å². The number of aromatic nitrogens is 2. The molecule has 0 unspecified atom stereocenters. The lowest BCUT2D eigenvalue weighted by molar-refractivity contribution is 0.634. The number of nitrogens with zero attached hydrogens (tertiary/aromatic N) is 2. The third-order valence-electron chi connectivity index (χ3n) is 3.67. The van der Waals surface area contributed by atoms with Crippen molar-refractivity contribution in [3.8, 4) is 0 Å². The summed E-state index contributed by atoms with van der Waals surface area (Å²) in [6.07, 6.45) is 2.07. The average molecular weight is 342 g/mol. The summed E-state index contributed by atoms with van der Waals surface area (Å²) in [5.74, 6) is 0.805. The van der Waals surface area contributed by atoms with E-state index in [9.17, 15) is 4.79 Å². The molecule has 0 spiro atoms. The first-order valence-electron chi connectivity index (χ1n) is 7.48. The molecule has 3 nitrogen and oxygen atoms in total. The van der Waals surface area contributed by atoms with Crippen LogP contribution in [0.5, 0.6) is 0 Å². The first kappa shape index (κ1) is 16.1. The summed E-state index contributed by atoms with van der Waals surface area (Å²) in [6.45, 7) is 2.61. The van der Waals surface area contributed by atoms with Gasteiger partial charge in [-0.3, -0.25) is 9.36 Å². The van der Waals surface area contributed by atoms with Gasteiger partial charge in [0.2, 0.25) is 0 Å². The largest absolute Gasteiger partial charge is 0.287 e. The Kier molecular flexibility index (Phi) is 5.08. The summed E-state index contributed by atoms with van der Waals surface area (Å²) >= 11 is 3.35. The lowest BCUT2D eigenvalue weighted by atomic mass is 10.2. The molecule has 0 saturated heterocycles. The minimum Gasteiger partial charge on any atom is -0.287 e. The molecule has 2 aromatic carbocycles. The fraction of sp³-hybridized carbons (Fsp3) is 0.222. The number of hydrogen-bond donors (Lipinski definition) is 0. The van der Waals surface area contributed by atoms with Gasteiger partial charge in [0, 0.05) is 17.2 Å². The van der Waals surface area contributed by atoms with Crippen LogP contribution in [0.15, 0.2) is 63.4 Å². The Labute approximate surface area is 144 Å². The van der Waals surface area contributed by atoms with Gasteiger partial charge in [-0.1, -0.05) is 36.0 Å². The van der Waals surface area contributed by atoms with Crippen molar-refractivity contribution in [1.82, 2.24) is 9.55 Å². The van der Waals surface area contributed by atoms with Crippen LogP contribution in [0.4, 0.5) is 0 Å². The van der Waals surface area contributed by atoms with Crippen LogP contribution in [-0.2, 0) is 12.3 Å². The molecule has 0 saturated carbocycles. The van der Waals surface area contributed by atoms with Crippen molar-refractivity contribution in [3.05, 3.63) is 64.4 Å². The molecule has 118 valence electrons. The molecule has 0 bridgehead atoms. The number of para-hydroxylation sites is 1. The Morgan fingerprint density at radius 1 is 1.09 bits per heavy atom. The zero-order chi connectivity index (χ0) is 16.2. The summed E-state index contributed by atoms with van der Waals surface area (Å²) in [4.78, 5) is 18.5. The molecular formula is C18H18N2OS2. The predicted octanol–water partition coefficient (Wildman–Crippen LogP) is 4.43. The van der Waals surface area contributed by atoms with Crippen molar-refractivity contribution in [2.45, 2.75) is 29.3 Å². The van der Waals surface area contributed by atoms with E-state index >= 15 is 0 Å². The van der Waals surface area contributed by atoms with Gasteiger partial charge < -0.3 is 0 Å². The van der Waals surface area contributed by atoms with Crippen LogP contribution < -0.4 is 5.56 Å². The van der Waals surface area contributed by atoms with E-state index in [2.05, 4.69) is 35.5 Å². The van der Waals surface area contributed by atoms with Gasteiger partial charge in [-0.05, 0) is 43.0 Å². The Balaban J connectivity index is 1.91. The maximum atomic E-state index is 12.6. The van der Waals surface area contributed by atoms with Gasteiger partial charge >= 0.3 is 0 Å². The van der Waals surface area contributed by atoms with Crippen LogP contribution in [0, 0.1) is 0 Å². The van der Waals surface area contributed by atoms with E-state index in [4.69, 9.17) is 0 Å². The fourth-order valence-electron chi connectivity index (χ4n) is 2.41. The molecule has 0 N–H and O–H groups in total. The highest BCUT2D eigenvalue weighted by Gasteiger charge is 2.10. The van der Waals surface area contributed by atoms with Crippen molar-refractivity contribution < 1.29 is 0 Å². The second-order valence-corrected chi connectivity index (χ2v) is 6.92. The minimum atomic E-state index is 0.0401. The fourth-order valence-corrected chi connectivity index (χ4v) is 3.83. The van der Waals surface area contributed by atoms with Crippen LogP contribution >= 0.6 is 23.5 Å². The molecule has 1 heterocycles. The van der Waals surface area contributed by atoms with Gasteiger partial charge in [0.15, 0.2) is 5.16 Å². The Bertz CT molecular complexity index is 872. The Hall–Kier alpha value is -1.72. The number of thioether (sulfide) groups is 2. The van der Waals surface area contributed by atoms with Crippen molar-refractivity contribution in [2.75, 3.05) is 6.26 Å². The molecule has 0 radical (unpaired) electrons. The van der Waals surface area contributed by atoms with Crippen LogP contribution in [0.3, 0.4) is 0 Å². The molecule has 0 atom stereocenters. The second kappa shape index (κ2) is 7.23. The topological polar surface area (TPSA) is 34.9 Å². The highest BCUT2D eigenvalue weighted by atomic mass is 32.2. The molecule has 0 aliphatic rings. The third kappa shape index (κ3) is 3.46. The summed E-state index contributed by atoms with van der Waals surface area (Å²) in [7, 11) is 0. The molecule has 3 rings (SSSR count). The first-order valence-corrected chi connectivity index (χ1v) is 9.69. The summed E-state index contributed by atoms with van der Waals surface area (Å²) < 4.78 is 1.75. The van der Waals surface area contributed by atoms with E-state index in [-0.39, 0.29) is 5.56 Å². The SMILES string of the molecule is CCn1c(SCc2ccc(SC)cc2)nc2ccccc2c1=O. The molecule has 3 aromatic rings. The first-order chi connectivity index (χ1) is 11.2. The number of rotatable bonds is 5. The third-order valence-corrected chi connectivity index (χ3v) is 5.46. The molecule has 0 fully saturated rings. The van der Waals surface area contributed by atoms with Gasteiger partial charge in [0.1, 0.15) is 0 Å². The molecular weight excluding hydrogens is 324 g/mol. The zero-order valence-corrected chi connectivity index (χ0v) is 14.8.